The molecule has 0 unspecified atom stereocenters. The highest BCUT2D eigenvalue weighted by Crippen LogP contribution is 2.05. The number of rotatable bonds is 2. The highest BCUT2D eigenvalue weighted by molar-refractivity contribution is 9.11. The smallest absolute Gasteiger partial charge is 0.0169 e. The molecule has 0 heterocycles. The summed E-state index contributed by atoms with van der Waals surface area (Å²) >= 11 is 3.30. The summed E-state index contributed by atoms with van der Waals surface area (Å²) in [7, 11) is 0. The highest BCUT2D eigenvalue weighted by Gasteiger charge is 1.76. The molecule has 0 aliphatic rings. The maximum absolute atomic E-state index is 3.59. The minimum absolute atomic E-state index is 1.02. The molecular weight excluding hydrogens is 200 g/mol. The standard InChI is InChI=1S/C8H11Br.C2H6/c1-4-8(9)6-5-7(2)3;1-2/h4-6H,1H2,2-3H3;1-2H3/b8-6+;. The first-order valence-electron chi connectivity index (χ1n) is 3.80. The van der Waals surface area contributed by atoms with E-state index in [0.29, 0.717) is 0 Å². The van der Waals surface area contributed by atoms with E-state index in [-0.39, 0.29) is 0 Å². The Morgan fingerprint density at radius 2 is 1.64 bits per heavy atom. The van der Waals surface area contributed by atoms with Crippen LogP contribution in [0.4, 0.5) is 0 Å². The summed E-state index contributed by atoms with van der Waals surface area (Å²) in [4.78, 5) is 0. The molecule has 0 N–H and O–H groups in total. The summed E-state index contributed by atoms with van der Waals surface area (Å²) < 4.78 is 1.02. The van der Waals surface area contributed by atoms with E-state index in [1.807, 2.05) is 26.0 Å². The Balaban J connectivity index is 0. The molecule has 64 valence electrons. The monoisotopic (exact) mass is 216 g/mol. The maximum Gasteiger partial charge on any atom is 0.0169 e. The number of hydrogen-bond acceptors (Lipinski definition) is 0. The van der Waals surface area contributed by atoms with Crippen molar-refractivity contribution in [1.29, 1.82) is 0 Å². The molecule has 11 heavy (non-hydrogen) atoms. The molecular formula is C10H17Br. The molecule has 0 bridgehead atoms. The molecule has 0 atom stereocenters. The predicted octanol–water partition coefficient (Wildman–Crippen LogP) is 4.44. The Bertz CT molecular complexity index is 148. The van der Waals surface area contributed by atoms with Gasteiger partial charge in [0.25, 0.3) is 0 Å². The summed E-state index contributed by atoms with van der Waals surface area (Å²) in [5, 5.41) is 0. The van der Waals surface area contributed by atoms with E-state index in [1.165, 1.54) is 5.57 Å². The summed E-state index contributed by atoms with van der Waals surface area (Å²) in [6, 6.07) is 0. The summed E-state index contributed by atoms with van der Waals surface area (Å²) in [5.74, 6) is 0. The van der Waals surface area contributed by atoms with E-state index in [2.05, 4.69) is 36.4 Å². The van der Waals surface area contributed by atoms with Gasteiger partial charge in [0.05, 0.1) is 0 Å². The van der Waals surface area contributed by atoms with Crippen LogP contribution in [0, 0.1) is 0 Å². The second kappa shape index (κ2) is 9.70. The average molecular weight is 217 g/mol. The van der Waals surface area contributed by atoms with Gasteiger partial charge in [-0.25, -0.2) is 0 Å². The minimum atomic E-state index is 1.02. The van der Waals surface area contributed by atoms with Crippen LogP contribution in [0.3, 0.4) is 0 Å². The van der Waals surface area contributed by atoms with Crippen LogP contribution in [0.1, 0.15) is 27.7 Å². The van der Waals surface area contributed by atoms with Gasteiger partial charge >= 0.3 is 0 Å². The van der Waals surface area contributed by atoms with Gasteiger partial charge in [0, 0.05) is 4.48 Å². The normalized spacial score (nSPS) is 9.36. The molecule has 0 radical (unpaired) electrons. The third-order valence-corrected chi connectivity index (χ3v) is 1.36. The molecule has 0 aliphatic carbocycles. The zero-order chi connectivity index (χ0) is 9.28. The topological polar surface area (TPSA) is 0 Å². The van der Waals surface area contributed by atoms with Gasteiger partial charge in [-0.1, -0.05) is 54.1 Å². The molecule has 0 rings (SSSR count). The van der Waals surface area contributed by atoms with Crippen LogP contribution in [-0.2, 0) is 0 Å². The van der Waals surface area contributed by atoms with E-state index in [9.17, 15) is 0 Å². The van der Waals surface area contributed by atoms with Crippen LogP contribution in [-0.4, -0.2) is 0 Å². The lowest BCUT2D eigenvalue weighted by molar-refractivity contribution is 1.39. The van der Waals surface area contributed by atoms with Crippen molar-refractivity contribution in [1.82, 2.24) is 0 Å². The first-order chi connectivity index (χ1) is 5.16. The van der Waals surface area contributed by atoms with Gasteiger partial charge in [-0.3, -0.25) is 0 Å². The van der Waals surface area contributed by atoms with Gasteiger partial charge in [0.15, 0.2) is 0 Å². The third kappa shape index (κ3) is 12.8. The van der Waals surface area contributed by atoms with Crippen LogP contribution in [0.25, 0.3) is 0 Å². The first-order valence-corrected chi connectivity index (χ1v) is 4.59. The largest absolute Gasteiger partial charge is 0.0979 e. The highest BCUT2D eigenvalue weighted by atomic mass is 79.9. The van der Waals surface area contributed by atoms with Crippen LogP contribution < -0.4 is 0 Å². The van der Waals surface area contributed by atoms with E-state index in [1.54, 1.807) is 6.08 Å². The fourth-order valence-electron chi connectivity index (χ4n) is 0.314. The number of allylic oxidation sites excluding steroid dienone is 5. The molecule has 0 amide bonds. The van der Waals surface area contributed by atoms with Crippen LogP contribution in [0.5, 0.6) is 0 Å². The quantitative estimate of drug-likeness (QED) is 0.599. The summed E-state index contributed by atoms with van der Waals surface area (Å²) in [6.07, 6.45) is 5.77. The van der Waals surface area contributed by atoms with Crippen LogP contribution in [0.2, 0.25) is 0 Å². The van der Waals surface area contributed by atoms with Gasteiger partial charge in [0.1, 0.15) is 0 Å². The van der Waals surface area contributed by atoms with Gasteiger partial charge in [-0.05, 0) is 19.9 Å². The van der Waals surface area contributed by atoms with Gasteiger partial charge < -0.3 is 0 Å². The van der Waals surface area contributed by atoms with Gasteiger partial charge in [-0.15, -0.1) is 0 Å². The van der Waals surface area contributed by atoms with E-state index >= 15 is 0 Å². The SMILES string of the molecule is C=C/C(Br)=C\C=C(C)C.CC. The second-order valence-electron chi connectivity index (χ2n) is 2.00. The zero-order valence-corrected chi connectivity index (χ0v) is 9.40. The summed E-state index contributed by atoms with van der Waals surface area (Å²) in [5.41, 5.74) is 1.29. The van der Waals surface area contributed by atoms with E-state index in [0.717, 1.165) is 4.48 Å². The first kappa shape index (κ1) is 13.3. The van der Waals surface area contributed by atoms with Gasteiger partial charge in [0.2, 0.25) is 0 Å². The molecule has 0 aromatic carbocycles. The molecule has 0 aliphatic heterocycles. The Kier molecular flexibility index (Phi) is 11.7. The van der Waals surface area contributed by atoms with Crippen molar-refractivity contribution in [3.63, 3.8) is 0 Å². The lowest BCUT2D eigenvalue weighted by Gasteiger charge is -1.84. The van der Waals surface area contributed by atoms with Crippen molar-refractivity contribution in [2.75, 3.05) is 0 Å². The molecule has 0 spiro atoms. The molecule has 0 aromatic heterocycles. The van der Waals surface area contributed by atoms with Crippen molar-refractivity contribution in [3.8, 4) is 0 Å². The molecule has 0 aromatic rings. The molecule has 0 nitrogen and oxygen atoms in total. The zero-order valence-electron chi connectivity index (χ0n) is 7.82. The Hall–Kier alpha value is -0.300. The average Bonchev–Trinajstić information content (AvgIpc) is 2.04. The van der Waals surface area contributed by atoms with Crippen molar-refractivity contribution < 1.29 is 0 Å². The van der Waals surface area contributed by atoms with Crippen molar-refractivity contribution in [3.05, 3.63) is 34.9 Å². The van der Waals surface area contributed by atoms with E-state index < -0.39 is 0 Å². The van der Waals surface area contributed by atoms with E-state index in [4.69, 9.17) is 0 Å². The number of hydrogen-bond donors (Lipinski definition) is 0. The Labute approximate surface area is 78.8 Å². The van der Waals surface area contributed by atoms with Gasteiger partial charge in [-0.2, -0.15) is 0 Å². The lowest BCUT2D eigenvalue weighted by atomic mass is 10.3. The lowest BCUT2D eigenvalue weighted by Crippen LogP contribution is -1.61. The Morgan fingerprint density at radius 3 is 1.91 bits per heavy atom. The third-order valence-electron chi connectivity index (χ3n) is 0.771. The maximum atomic E-state index is 3.59. The van der Waals surface area contributed by atoms with Crippen LogP contribution >= 0.6 is 15.9 Å². The predicted molar refractivity (Wildman–Crippen MR) is 58.0 cm³/mol. The summed E-state index contributed by atoms with van der Waals surface area (Å²) in [6.45, 7) is 11.7. The fourth-order valence-corrected chi connectivity index (χ4v) is 0.446. The molecule has 0 saturated heterocycles. The van der Waals surface area contributed by atoms with Crippen molar-refractivity contribution in [2.45, 2.75) is 27.7 Å². The Morgan fingerprint density at radius 1 is 1.18 bits per heavy atom. The van der Waals surface area contributed by atoms with Crippen LogP contribution in [0.15, 0.2) is 34.9 Å². The molecule has 1 heteroatoms. The van der Waals surface area contributed by atoms with Crippen molar-refractivity contribution >= 4 is 15.9 Å². The molecule has 0 fully saturated rings. The second-order valence-corrected chi connectivity index (χ2v) is 2.92. The fraction of sp³-hybridized carbons (Fsp3) is 0.400. The van der Waals surface area contributed by atoms with Crippen molar-refractivity contribution in [2.24, 2.45) is 0 Å². The molecule has 0 saturated carbocycles. The minimum Gasteiger partial charge on any atom is -0.0979 e. The number of halogens is 1.